The van der Waals surface area contributed by atoms with Crippen LogP contribution in [0.15, 0.2) is 46.2 Å². The molecule has 4 rings (SSSR count). The van der Waals surface area contributed by atoms with Crippen molar-refractivity contribution in [3.8, 4) is 11.1 Å². The number of furan rings is 1. The Morgan fingerprint density at radius 1 is 1.19 bits per heavy atom. The summed E-state index contributed by atoms with van der Waals surface area (Å²) in [4.78, 5) is 28.5. The molecule has 1 aromatic carbocycles. The van der Waals surface area contributed by atoms with Crippen LogP contribution in [0.1, 0.15) is 32.2 Å². The first kappa shape index (κ1) is 21.8. The molecule has 4 aromatic rings. The molecule has 0 fully saturated rings. The van der Waals surface area contributed by atoms with Crippen LogP contribution in [0.5, 0.6) is 0 Å². The summed E-state index contributed by atoms with van der Waals surface area (Å²) >= 11 is 6.83. The molecule has 32 heavy (non-hydrogen) atoms. The Hall–Kier alpha value is -3.37. The molecule has 2 N–H and O–H groups in total. The number of pyridine rings is 1. The van der Waals surface area contributed by atoms with E-state index in [1.807, 2.05) is 0 Å². The Balaban J connectivity index is 1.71. The van der Waals surface area contributed by atoms with Gasteiger partial charge in [0.2, 0.25) is 5.71 Å². The smallest absolute Gasteiger partial charge is 0.417 e. The lowest BCUT2D eigenvalue weighted by Gasteiger charge is -2.07. The second kappa shape index (κ2) is 7.95. The van der Waals surface area contributed by atoms with Gasteiger partial charge in [0.25, 0.3) is 5.91 Å². The monoisotopic (exact) mass is 480 g/mol. The summed E-state index contributed by atoms with van der Waals surface area (Å²) in [5, 5.41) is 13.8. The molecule has 3 aromatic heterocycles. The average Bonchev–Trinajstić information content (AvgIpc) is 3.31. The molecule has 0 atom stereocenters. The number of carboxylic acid groups (broad SMARTS) is 1. The number of nitrogens with one attached hydrogen (secondary N) is 1. The number of carbonyl (C=O) groups is 2. The van der Waals surface area contributed by atoms with E-state index in [0.717, 1.165) is 23.5 Å². The normalized spacial score (nSPS) is 11.7. The van der Waals surface area contributed by atoms with Crippen molar-refractivity contribution in [2.24, 2.45) is 0 Å². The Bertz CT molecular complexity index is 1360. The number of aromatic carboxylic acids is 1. The highest BCUT2D eigenvalue weighted by atomic mass is 35.5. The van der Waals surface area contributed by atoms with Crippen molar-refractivity contribution in [2.45, 2.75) is 13.1 Å². The molecule has 0 unspecified atom stereocenters. The molecular formula is C21H12ClF3N2O4S. The number of carbonyl (C=O) groups excluding carboxylic acids is 1. The molecule has 1 amide bonds. The van der Waals surface area contributed by atoms with Gasteiger partial charge in [-0.2, -0.15) is 13.2 Å². The summed E-state index contributed by atoms with van der Waals surface area (Å²) in [5.41, 5.74) is -0.474. The van der Waals surface area contributed by atoms with Crippen molar-refractivity contribution in [2.75, 3.05) is 5.32 Å². The van der Waals surface area contributed by atoms with E-state index in [-0.39, 0.29) is 27.4 Å². The van der Waals surface area contributed by atoms with Gasteiger partial charge >= 0.3 is 12.1 Å². The summed E-state index contributed by atoms with van der Waals surface area (Å²) in [5.74, 6) is -2.62. The number of fused-ring (bicyclic) bond motifs is 1. The zero-order valence-corrected chi connectivity index (χ0v) is 17.7. The lowest BCUT2D eigenvalue weighted by molar-refractivity contribution is -0.136. The number of halogens is 4. The second-order valence-corrected chi connectivity index (χ2v) is 8.07. The quantitative estimate of drug-likeness (QED) is 0.348. The molecule has 0 aliphatic carbocycles. The van der Waals surface area contributed by atoms with Crippen LogP contribution < -0.4 is 5.32 Å². The van der Waals surface area contributed by atoms with Gasteiger partial charge in [-0.05, 0) is 36.8 Å². The number of thiophene rings is 1. The SMILES string of the molecule is Cc1cc(C(F)(F)F)c2cc(C(=O)Nc3scc(-c4ccc(Cl)cc4)c3C(=O)O)oc2n1. The van der Waals surface area contributed by atoms with Crippen LogP contribution in [0.25, 0.3) is 22.2 Å². The van der Waals surface area contributed by atoms with Gasteiger partial charge in [0.05, 0.1) is 10.9 Å². The number of alkyl halides is 3. The molecule has 6 nitrogen and oxygen atoms in total. The van der Waals surface area contributed by atoms with Crippen molar-refractivity contribution < 1.29 is 32.3 Å². The van der Waals surface area contributed by atoms with E-state index in [1.165, 1.54) is 6.92 Å². The van der Waals surface area contributed by atoms with E-state index in [1.54, 1.807) is 29.6 Å². The van der Waals surface area contributed by atoms with Gasteiger partial charge in [-0.3, -0.25) is 4.79 Å². The number of nitrogens with zero attached hydrogens (tertiary/aromatic N) is 1. The highest BCUT2D eigenvalue weighted by Crippen LogP contribution is 2.38. The van der Waals surface area contributed by atoms with Gasteiger partial charge in [-0.15, -0.1) is 11.3 Å². The Morgan fingerprint density at radius 3 is 2.50 bits per heavy atom. The predicted octanol–water partition coefficient (Wildman–Crippen LogP) is 6.49. The largest absolute Gasteiger partial charge is 0.478 e. The number of aromatic nitrogens is 1. The van der Waals surface area contributed by atoms with E-state index < -0.39 is 29.4 Å². The zero-order chi connectivity index (χ0) is 23.2. The first-order chi connectivity index (χ1) is 15.0. The molecule has 164 valence electrons. The molecule has 3 heterocycles. The van der Waals surface area contributed by atoms with E-state index in [9.17, 15) is 27.9 Å². The molecule has 0 radical (unpaired) electrons. The fourth-order valence-electron chi connectivity index (χ4n) is 3.15. The molecular weight excluding hydrogens is 469 g/mol. The van der Waals surface area contributed by atoms with E-state index in [2.05, 4.69) is 10.3 Å². The standard InChI is InChI=1S/C21H12ClF3N2O4S/c1-9-6-14(21(23,24)25)12-7-15(31-18(12)26-9)17(28)27-19-16(20(29)30)13(8-32-19)10-2-4-11(22)5-3-10/h2-8H,1H3,(H,27,28)(H,29,30). The highest BCUT2D eigenvalue weighted by molar-refractivity contribution is 7.15. The molecule has 0 saturated carbocycles. The van der Waals surface area contributed by atoms with Crippen LogP contribution in [-0.4, -0.2) is 22.0 Å². The Kier molecular flexibility index (Phi) is 5.43. The number of amides is 1. The topological polar surface area (TPSA) is 92.4 Å². The van der Waals surface area contributed by atoms with E-state index in [0.29, 0.717) is 16.1 Å². The van der Waals surface area contributed by atoms with Gasteiger partial charge < -0.3 is 14.8 Å². The number of rotatable bonds is 4. The number of anilines is 1. The van der Waals surface area contributed by atoms with Gasteiger partial charge in [-0.25, -0.2) is 9.78 Å². The fraction of sp³-hybridized carbons (Fsp3) is 0.0952. The molecule has 0 bridgehead atoms. The van der Waals surface area contributed by atoms with Gasteiger partial charge in [0, 0.05) is 21.7 Å². The molecule has 0 spiro atoms. The summed E-state index contributed by atoms with van der Waals surface area (Å²) < 4.78 is 45.3. The first-order valence-electron chi connectivity index (χ1n) is 8.95. The van der Waals surface area contributed by atoms with Gasteiger partial charge in [0.1, 0.15) is 10.6 Å². The van der Waals surface area contributed by atoms with Crippen LogP contribution in [0.4, 0.5) is 18.2 Å². The third kappa shape index (κ3) is 4.06. The Morgan fingerprint density at radius 2 is 1.88 bits per heavy atom. The lowest BCUT2D eigenvalue weighted by Crippen LogP contribution is -2.12. The number of hydrogen-bond donors (Lipinski definition) is 2. The number of hydrogen-bond acceptors (Lipinski definition) is 5. The van der Waals surface area contributed by atoms with Crippen molar-refractivity contribution in [1.29, 1.82) is 0 Å². The molecule has 11 heteroatoms. The zero-order valence-electron chi connectivity index (χ0n) is 16.1. The maximum absolute atomic E-state index is 13.3. The number of aryl methyl sites for hydroxylation is 1. The predicted molar refractivity (Wildman–Crippen MR) is 113 cm³/mol. The fourth-order valence-corrected chi connectivity index (χ4v) is 4.23. The van der Waals surface area contributed by atoms with E-state index in [4.69, 9.17) is 16.0 Å². The highest BCUT2D eigenvalue weighted by Gasteiger charge is 2.35. The molecule has 0 saturated heterocycles. The van der Waals surface area contributed by atoms with Crippen molar-refractivity contribution in [3.63, 3.8) is 0 Å². The van der Waals surface area contributed by atoms with Gasteiger partial charge in [0.15, 0.2) is 5.76 Å². The second-order valence-electron chi connectivity index (χ2n) is 6.76. The Labute approximate surface area is 187 Å². The minimum atomic E-state index is -4.67. The maximum Gasteiger partial charge on any atom is 0.417 e. The summed E-state index contributed by atoms with van der Waals surface area (Å²) in [7, 11) is 0. The summed E-state index contributed by atoms with van der Waals surface area (Å²) in [6, 6.07) is 8.26. The average molecular weight is 481 g/mol. The summed E-state index contributed by atoms with van der Waals surface area (Å²) in [6.45, 7) is 1.38. The van der Waals surface area contributed by atoms with Crippen molar-refractivity contribution in [1.82, 2.24) is 4.98 Å². The molecule has 0 aliphatic rings. The third-order valence-electron chi connectivity index (χ3n) is 4.55. The van der Waals surface area contributed by atoms with Crippen LogP contribution >= 0.6 is 22.9 Å². The maximum atomic E-state index is 13.3. The van der Waals surface area contributed by atoms with Crippen LogP contribution in [-0.2, 0) is 6.18 Å². The van der Waals surface area contributed by atoms with Crippen molar-refractivity contribution >= 4 is 50.9 Å². The lowest BCUT2D eigenvalue weighted by atomic mass is 10.0. The van der Waals surface area contributed by atoms with E-state index >= 15 is 0 Å². The van der Waals surface area contributed by atoms with Crippen LogP contribution in [0.3, 0.4) is 0 Å². The first-order valence-corrected chi connectivity index (χ1v) is 10.2. The van der Waals surface area contributed by atoms with Crippen LogP contribution in [0, 0.1) is 6.92 Å². The minimum Gasteiger partial charge on any atom is -0.478 e. The minimum absolute atomic E-state index is 0.00749. The van der Waals surface area contributed by atoms with Gasteiger partial charge in [-0.1, -0.05) is 23.7 Å². The van der Waals surface area contributed by atoms with Crippen LogP contribution in [0.2, 0.25) is 5.02 Å². The summed E-state index contributed by atoms with van der Waals surface area (Å²) in [6.07, 6.45) is -4.67. The molecule has 0 aliphatic heterocycles. The number of carboxylic acids is 1. The number of benzene rings is 1. The van der Waals surface area contributed by atoms with Crippen molar-refractivity contribution in [3.05, 3.63) is 69.4 Å². The third-order valence-corrected chi connectivity index (χ3v) is 5.70.